The van der Waals surface area contributed by atoms with Gasteiger partial charge < -0.3 is 16.8 Å². The Morgan fingerprint density at radius 3 is 2.72 bits per heavy atom. The molecule has 18 heavy (non-hydrogen) atoms. The summed E-state index contributed by atoms with van der Waals surface area (Å²) in [5.74, 6) is -0.796. The number of rotatable bonds is 3. The van der Waals surface area contributed by atoms with Crippen LogP contribution in [0.4, 0.5) is 11.5 Å². The van der Waals surface area contributed by atoms with E-state index in [9.17, 15) is 9.59 Å². The number of hydrogen-bond donors (Lipinski definition) is 4. The zero-order valence-corrected chi connectivity index (χ0v) is 9.31. The van der Waals surface area contributed by atoms with E-state index in [4.69, 9.17) is 11.5 Å². The largest absolute Gasteiger partial charge is 0.383 e. The second-order valence-corrected chi connectivity index (χ2v) is 3.60. The van der Waals surface area contributed by atoms with Crippen molar-refractivity contribution in [3.05, 3.63) is 41.6 Å². The third-order valence-corrected chi connectivity index (χ3v) is 2.32. The minimum atomic E-state index is -0.561. The lowest BCUT2D eigenvalue weighted by atomic mass is 10.2. The molecule has 7 nitrogen and oxygen atoms in total. The number of primary amides is 1. The molecule has 92 valence electrons. The number of amides is 2. The maximum absolute atomic E-state index is 11.8. The summed E-state index contributed by atoms with van der Waals surface area (Å²) in [5, 5.41) is 8.70. The molecule has 7 heteroatoms. The van der Waals surface area contributed by atoms with Crippen LogP contribution in [-0.2, 0) is 0 Å². The average Bonchev–Trinajstić information content (AvgIpc) is 2.76. The molecular weight excluding hydrogens is 234 g/mol. The number of benzene rings is 1. The lowest BCUT2D eigenvalue weighted by Crippen LogP contribution is -2.15. The number of aromatic amines is 1. The zero-order valence-electron chi connectivity index (χ0n) is 9.31. The molecule has 2 aromatic rings. The van der Waals surface area contributed by atoms with Crippen molar-refractivity contribution in [3.63, 3.8) is 0 Å². The Kier molecular flexibility index (Phi) is 2.96. The lowest BCUT2D eigenvalue weighted by Gasteiger charge is -2.05. The van der Waals surface area contributed by atoms with Gasteiger partial charge in [0.15, 0.2) is 0 Å². The molecule has 0 unspecified atom stereocenters. The van der Waals surface area contributed by atoms with Gasteiger partial charge in [-0.25, -0.2) is 0 Å². The molecule has 0 saturated carbocycles. The first-order chi connectivity index (χ1) is 8.58. The van der Waals surface area contributed by atoms with Crippen molar-refractivity contribution in [2.24, 2.45) is 5.73 Å². The highest BCUT2D eigenvalue weighted by molar-refractivity contribution is 6.07. The van der Waals surface area contributed by atoms with Crippen LogP contribution in [0.3, 0.4) is 0 Å². The summed E-state index contributed by atoms with van der Waals surface area (Å²) in [6, 6.07) is 6.30. The fraction of sp³-hybridized carbons (Fsp3) is 0. The van der Waals surface area contributed by atoms with Crippen LogP contribution >= 0.6 is 0 Å². The Bertz CT molecular complexity index is 605. The van der Waals surface area contributed by atoms with Crippen LogP contribution in [0.25, 0.3) is 0 Å². The molecule has 1 aromatic carbocycles. The van der Waals surface area contributed by atoms with E-state index < -0.39 is 11.8 Å². The number of nitrogens with two attached hydrogens (primary N) is 2. The molecule has 6 N–H and O–H groups in total. The van der Waals surface area contributed by atoms with E-state index in [0.717, 1.165) is 0 Å². The van der Waals surface area contributed by atoms with Crippen molar-refractivity contribution in [2.75, 3.05) is 11.1 Å². The second-order valence-electron chi connectivity index (χ2n) is 3.60. The van der Waals surface area contributed by atoms with Gasteiger partial charge >= 0.3 is 0 Å². The van der Waals surface area contributed by atoms with Gasteiger partial charge in [0, 0.05) is 11.3 Å². The van der Waals surface area contributed by atoms with Gasteiger partial charge in [-0.2, -0.15) is 5.10 Å². The molecule has 0 radical (unpaired) electrons. The number of anilines is 2. The van der Waals surface area contributed by atoms with Gasteiger partial charge in [-0.1, -0.05) is 6.07 Å². The molecule has 1 heterocycles. The highest BCUT2D eigenvalue weighted by atomic mass is 16.2. The molecule has 0 bridgehead atoms. The van der Waals surface area contributed by atoms with Crippen molar-refractivity contribution >= 4 is 23.3 Å². The molecule has 2 amide bonds. The van der Waals surface area contributed by atoms with Gasteiger partial charge in [0.25, 0.3) is 5.91 Å². The minimum absolute atomic E-state index is 0.179. The molecule has 0 saturated heterocycles. The van der Waals surface area contributed by atoms with Crippen molar-refractivity contribution < 1.29 is 9.59 Å². The van der Waals surface area contributed by atoms with E-state index in [1.807, 2.05) is 0 Å². The molecule has 1 aromatic heterocycles. The number of carbonyl (C=O) groups excluding carboxylic acids is 2. The highest BCUT2D eigenvalue weighted by Gasteiger charge is 2.12. The number of nitrogens with zero attached hydrogens (tertiary/aromatic N) is 1. The van der Waals surface area contributed by atoms with E-state index in [1.165, 1.54) is 12.3 Å². The summed E-state index contributed by atoms with van der Waals surface area (Å²) in [4.78, 5) is 22.8. The third kappa shape index (κ3) is 2.29. The van der Waals surface area contributed by atoms with Gasteiger partial charge in [0.05, 0.1) is 6.20 Å². The van der Waals surface area contributed by atoms with Crippen LogP contribution in [0, 0.1) is 0 Å². The van der Waals surface area contributed by atoms with Crippen LogP contribution in [0.1, 0.15) is 20.7 Å². The van der Waals surface area contributed by atoms with Gasteiger partial charge in [-0.15, -0.1) is 0 Å². The smallest absolute Gasteiger partial charge is 0.261 e. The minimum Gasteiger partial charge on any atom is -0.383 e. The fourth-order valence-corrected chi connectivity index (χ4v) is 1.43. The molecule has 0 aliphatic carbocycles. The number of hydrogen-bond acceptors (Lipinski definition) is 4. The van der Waals surface area contributed by atoms with E-state index in [2.05, 4.69) is 15.5 Å². The Labute approximate surface area is 102 Å². The lowest BCUT2D eigenvalue weighted by molar-refractivity contribution is 0.0996. The summed E-state index contributed by atoms with van der Waals surface area (Å²) in [6.45, 7) is 0. The van der Waals surface area contributed by atoms with E-state index in [1.54, 1.807) is 18.2 Å². The number of carbonyl (C=O) groups is 2. The molecule has 0 aliphatic heterocycles. The van der Waals surface area contributed by atoms with Crippen LogP contribution < -0.4 is 16.8 Å². The van der Waals surface area contributed by atoms with Crippen LogP contribution in [0.2, 0.25) is 0 Å². The number of nitrogens with one attached hydrogen (secondary N) is 2. The summed E-state index contributed by atoms with van der Waals surface area (Å²) in [6.07, 6.45) is 1.32. The second kappa shape index (κ2) is 4.58. The van der Waals surface area contributed by atoms with Crippen molar-refractivity contribution in [2.45, 2.75) is 0 Å². The van der Waals surface area contributed by atoms with Gasteiger partial charge in [-0.3, -0.25) is 14.7 Å². The first-order valence-electron chi connectivity index (χ1n) is 5.08. The number of H-pyrrole nitrogens is 1. The molecule has 2 rings (SSSR count). The summed E-state index contributed by atoms with van der Waals surface area (Å²) < 4.78 is 0. The standard InChI is InChI=1S/C11H11N5O2/c12-9-8(5-14-16-9)11(18)15-7-3-1-2-6(4-7)10(13)17/h1-5H,(H2,13,17)(H,15,18)(H3,12,14,16). The van der Waals surface area contributed by atoms with Crippen LogP contribution in [-0.4, -0.2) is 22.0 Å². The quantitative estimate of drug-likeness (QED) is 0.621. The van der Waals surface area contributed by atoms with Gasteiger partial charge in [-0.05, 0) is 18.2 Å². The Hall–Kier alpha value is -2.83. The summed E-state index contributed by atoms with van der Waals surface area (Å²) in [5.41, 5.74) is 11.7. The van der Waals surface area contributed by atoms with Crippen LogP contribution in [0.15, 0.2) is 30.5 Å². The maximum Gasteiger partial charge on any atom is 0.261 e. The SMILES string of the molecule is NC(=O)c1cccc(NC(=O)c2cn[nH]c2N)c1. The van der Waals surface area contributed by atoms with Crippen LogP contribution in [0.5, 0.6) is 0 Å². The Morgan fingerprint density at radius 1 is 1.33 bits per heavy atom. The first kappa shape index (κ1) is 11.6. The fourth-order valence-electron chi connectivity index (χ4n) is 1.43. The zero-order chi connectivity index (χ0) is 13.1. The molecule has 0 spiro atoms. The average molecular weight is 245 g/mol. The molecule has 0 aliphatic rings. The third-order valence-electron chi connectivity index (χ3n) is 2.32. The molecular formula is C11H11N5O2. The number of nitrogen functional groups attached to an aromatic ring is 1. The topological polar surface area (TPSA) is 127 Å². The normalized spacial score (nSPS) is 10.0. The molecule has 0 atom stereocenters. The number of aromatic nitrogens is 2. The predicted octanol–water partition coefficient (Wildman–Crippen LogP) is 0.343. The first-order valence-corrected chi connectivity index (χ1v) is 5.08. The summed E-state index contributed by atoms with van der Waals surface area (Å²) >= 11 is 0. The Balaban J connectivity index is 2.20. The van der Waals surface area contributed by atoms with E-state index in [-0.39, 0.29) is 11.4 Å². The van der Waals surface area contributed by atoms with E-state index >= 15 is 0 Å². The Morgan fingerprint density at radius 2 is 2.11 bits per heavy atom. The van der Waals surface area contributed by atoms with Crippen molar-refractivity contribution in [1.82, 2.24) is 10.2 Å². The molecule has 0 fully saturated rings. The van der Waals surface area contributed by atoms with Gasteiger partial charge in [0.2, 0.25) is 5.91 Å². The predicted molar refractivity (Wildman–Crippen MR) is 65.9 cm³/mol. The highest BCUT2D eigenvalue weighted by Crippen LogP contribution is 2.13. The van der Waals surface area contributed by atoms with Gasteiger partial charge in [0.1, 0.15) is 11.4 Å². The monoisotopic (exact) mass is 245 g/mol. The van der Waals surface area contributed by atoms with E-state index in [0.29, 0.717) is 11.3 Å². The van der Waals surface area contributed by atoms with Crippen molar-refractivity contribution in [3.8, 4) is 0 Å². The summed E-state index contributed by atoms with van der Waals surface area (Å²) in [7, 11) is 0. The maximum atomic E-state index is 11.8. The van der Waals surface area contributed by atoms with Crippen molar-refractivity contribution in [1.29, 1.82) is 0 Å².